The molecule has 0 saturated carbocycles. The monoisotopic (exact) mass is 497 g/mol. The smallest absolute Gasteiger partial charge is 0.264 e. The molecule has 1 unspecified atom stereocenters. The van der Waals surface area contributed by atoms with E-state index in [1.165, 1.54) is 41.1 Å². The van der Waals surface area contributed by atoms with Crippen LogP contribution in [-0.4, -0.2) is 47.1 Å². The molecule has 0 bridgehead atoms. The topological polar surface area (TPSA) is 117 Å². The quantitative estimate of drug-likeness (QED) is 0.386. The molecule has 1 N–H and O–H groups in total. The van der Waals surface area contributed by atoms with Crippen molar-refractivity contribution < 1.29 is 4.79 Å². The van der Waals surface area contributed by atoms with Gasteiger partial charge in [0.1, 0.15) is 11.7 Å². The maximum atomic E-state index is 12.9. The van der Waals surface area contributed by atoms with Crippen LogP contribution in [0.1, 0.15) is 18.0 Å². The third-order valence-corrected chi connectivity index (χ3v) is 6.89. The number of nitrogens with zero attached hydrogens (tertiary/aromatic N) is 6. The summed E-state index contributed by atoms with van der Waals surface area (Å²) in [4.78, 5) is 46.0. The van der Waals surface area contributed by atoms with Crippen molar-refractivity contribution in [2.45, 2.75) is 30.7 Å². The molecule has 0 spiro atoms. The predicted molar refractivity (Wildman–Crippen MR) is 128 cm³/mol. The van der Waals surface area contributed by atoms with Crippen LogP contribution in [0.5, 0.6) is 0 Å². The molecule has 1 aliphatic rings. The van der Waals surface area contributed by atoms with Crippen LogP contribution in [0.3, 0.4) is 0 Å². The van der Waals surface area contributed by atoms with Crippen LogP contribution in [0, 0.1) is 0 Å². The molecule has 34 heavy (non-hydrogen) atoms. The average molecular weight is 498 g/mol. The van der Waals surface area contributed by atoms with Gasteiger partial charge in [-0.05, 0) is 17.7 Å². The zero-order chi connectivity index (χ0) is 23.7. The molecule has 0 saturated heterocycles. The second kappa shape index (κ2) is 9.43. The van der Waals surface area contributed by atoms with Crippen molar-refractivity contribution in [3.05, 3.63) is 80.3 Å². The van der Waals surface area contributed by atoms with Gasteiger partial charge in [0.05, 0.1) is 25.3 Å². The van der Waals surface area contributed by atoms with Crippen LogP contribution >= 0.6 is 23.4 Å². The van der Waals surface area contributed by atoms with Crippen LogP contribution in [0.15, 0.2) is 63.8 Å². The molecule has 4 heterocycles. The van der Waals surface area contributed by atoms with E-state index < -0.39 is 0 Å². The van der Waals surface area contributed by atoms with E-state index >= 15 is 0 Å². The van der Waals surface area contributed by atoms with Crippen LogP contribution < -0.4 is 16.4 Å². The number of halogens is 1. The minimum atomic E-state index is -0.216. The van der Waals surface area contributed by atoms with Crippen molar-refractivity contribution in [2.75, 3.05) is 12.3 Å². The third kappa shape index (κ3) is 4.48. The number of fused-ring (bicyclic) bond motifs is 2. The standard InChI is InChI=1S/C22H20ClN7O3S/c23-15-3-1-2-14(8-15)11-28-13-26-20-17(21(28)33)10-27-29(20)7-6-24-18(31)9-16-12-34-22-25-5-4-19(32)30(16)22/h1-5,8,10,13,16H,6-7,9,11-12H2,(H,24,31). The molecule has 1 atom stereocenters. The Morgan fingerprint density at radius 2 is 2.12 bits per heavy atom. The lowest BCUT2D eigenvalue weighted by molar-refractivity contribution is -0.121. The molecule has 3 aromatic heterocycles. The second-order valence-corrected chi connectivity index (χ2v) is 9.29. The first kappa shape index (κ1) is 22.4. The minimum Gasteiger partial charge on any atom is -0.354 e. The molecule has 0 fully saturated rings. The van der Waals surface area contributed by atoms with Gasteiger partial charge >= 0.3 is 0 Å². The zero-order valence-corrected chi connectivity index (χ0v) is 19.5. The Morgan fingerprint density at radius 1 is 1.24 bits per heavy atom. The summed E-state index contributed by atoms with van der Waals surface area (Å²) in [5.41, 5.74) is 1.01. The first-order valence-corrected chi connectivity index (χ1v) is 12.0. The van der Waals surface area contributed by atoms with E-state index in [-0.39, 0.29) is 29.5 Å². The molecule has 4 aromatic rings. The van der Waals surface area contributed by atoms with Gasteiger partial charge in [-0.25, -0.2) is 14.6 Å². The fraction of sp³-hybridized carbons (Fsp3) is 0.273. The number of nitrogens with one attached hydrogen (secondary N) is 1. The summed E-state index contributed by atoms with van der Waals surface area (Å²) in [5, 5.41) is 8.78. The van der Waals surface area contributed by atoms with E-state index in [1.54, 1.807) is 21.4 Å². The number of carbonyl (C=O) groups excluding carboxylic acids is 1. The number of hydrogen-bond acceptors (Lipinski definition) is 7. The van der Waals surface area contributed by atoms with E-state index in [9.17, 15) is 14.4 Å². The Bertz CT molecular complexity index is 1500. The second-order valence-electron chi connectivity index (χ2n) is 7.87. The van der Waals surface area contributed by atoms with Crippen molar-refractivity contribution in [3.8, 4) is 0 Å². The fourth-order valence-electron chi connectivity index (χ4n) is 3.93. The number of hydrogen-bond donors (Lipinski definition) is 1. The SMILES string of the molecule is O=C(CC1CSc2nccc(=O)n21)NCCn1ncc2c(=O)n(Cc3cccc(Cl)c3)cnc21. The molecule has 174 valence electrons. The lowest BCUT2D eigenvalue weighted by Crippen LogP contribution is -2.32. The molecular formula is C22H20ClN7O3S. The molecule has 10 nitrogen and oxygen atoms in total. The van der Waals surface area contributed by atoms with Crippen LogP contribution in [0.4, 0.5) is 0 Å². The average Bonchev–Trinajstić information content (AvgIpc) is 3.41. The summed E-state index contributed by atoms with van der Waals surface area (Å²) in [6, 6.07) is 8.50. The van der Waals surface area contributed by atoms with Gasteiger partial charge in [0.2, 0.25) is 5.91 Å². The summed E-state index contributed by atoms with van der Waals surface area (Å²) in [6.45, 7) is 1.03. The van der Waals surface area contributed by atoms with Gasteiger partial charge in [0, 0.05) is 36.0 Å². The van der Waals surface area contributed by atoms with Crippen molar-refractivity contribution in [1.82, 2.24) is 34.2 Å². The van der Waals surface area contributed by atoms with Crippen molar-refractivity contribution in [2.24, 2.45) is 0 Å². The molecular weight excluding hydrogens is 478 g/mol. The highest BCUT2D eigenvalue weighted by Gasteiger charge is 2.26. The predicted octanol–water partition coefficient (Wildman–Crippen LogP) is 1.70. The van der Waals surface area contributed by atoms with Gasteiger partial charge in [0.15, 0.2) is 10.8 Å². The van der Waals surface area contributed by atoms with Crippen molar-refractivity contribution in [1.29, 1.82) is 0 Å². The van der Waals surface area contributed by atoms with Gasteiger partial charge in [-0.2, -0.15) is 5.10 Å². The van der Waals surface area contributed by atoms with Crippen LogP contribution in [0.25, 0.3) is 11.0 Å². The van der Waals surface area contributed by atoms with Gasteiger partial charge in [0.25, 0.3) is 11.1 Å². The number of carbonyl (C=O) groups is 1. The normalized spacial score (nSPS) is 14.9. The fourth-order valence-corrected chi connectivity index (χ4v) is 5.27. The first-order valence-electron chi connectivity index (χ1n) is 10.6. The molecule has 1 aromatic carbocycles. The number of benzene rings is 1. The summed E-state index contributed by atoms with van der Waals surface area (Å²) >= 11 is 7.50. The maximum Gasteiger partial charge on any atom is 0.264 e. The number of aromatic nitrogens is 6. The molecule has 1 aliphatic heterocycles. The molecule has 5 rings (SSSR count). The largest absolute Gasteiger partial charge is 0.354 e. The minimum absolute atomic E-state index is 0.150. The zero-order valence-electron chi connectivity index (χ0n) is 17.9. The summed E-state index contributed by atoms with van der Waals surface area (Å²) in [6.07, 6.45) is 4.66. The Hall–Kier alpha value is -3.44. The van der Waals surface area contributed by atoms with E-state index in [1.807, 2.05) is 12.1 Å². The van der Waals surface area contributed by atoms with E-state index in [2.05, 4.69) is 20.4 Å². The highest BCUT2D eigenvalue weighted by atomic mass is 35.5. The lowest BCUT2D eigenvalue weighted by atomic mass is 10.2. The Balaban J connectivity index is 1.21. The first-order chi connectivity index (χ1) is 16.5. The van der Waals surface area contributed by atoms with Crippen LogP contribution in [-0.2, 0) is 17.9 Å². The third-order valence-electron chi connectivity index (χ3n) is 5.55. The van der Waals surface area contributed by atoms with Crippen molar-refractivity contribution >= 4 is 40.3 Å². The van der Waals surface area contributed by atoms with E-state index in [4.69, 9.17) is 11.6 Å². The Labute approximate surface area is 202 Å². The Morgan fingerprint density at radius 3 is 2.97 bits per heavy atom. The summed E-state index contributed by atoms with van der Waals surface area (Å²) in [7, 11) is 0. The Kier molecular flexibility index (Phi) is 6.20. The van der Waals surface area contributed by atoms with Crippen LogP contribution in [0.2, 0.25) is 5.02 Å². The van der Waals surface area contributed by atoms with Crippen molar-refractivity contribution in [3.63, 3.8) is 0 Å². The summed E-state index contributed by atoms with van der Waals surface area (Å²) < 4.78 is 4.68. The number of amides is 1. The van der Waals surface area contributed by atoms with Gasteiger partial charge in [-0.1, -0.05) is 35.5 Å². The maximum absolute atomic E-state index is 12.9. The van der Waals surface area contributed by atoms with E-state index in [0.29, 0.717) is 46.6 Å². The highest BCUT2D eigenvalue weighted by molar-refractivity contribution is 7.99. The lowest BCUT2D eigenvalue weighted by Gasteiger charge is -2.13. The highest BCUT2D eigenvalue weighted by Crippen LogP contribution is 2.31. The molecule has 1 amide bonds. The molecule has 0 aliphatic carbocycles. The van der Waals surface area contributed by atoms with Gasteiger partial charge in [-0.3, -0.25) is 23.5 Å². The van der Waals surface area contributed by atoms with Gasteiger partial charge < -0.3 is 5.32 Å². The summed E-state index contributed by atoms with van der Waals surface area (Å²) in [5.74, 6) is 0.469. The molecule has 12 heteroatoms. The van der Waals surface area contributed by atoms with E-state index in [0.717, 1.165) is 5.56 Å². The number of thioether (sulfide) groups is 1. The number of rotatable bonds is 7. The molecule has 0 radical (unpaired) electrons. The van der Waals surface area contributed by atoms with Gasteiger partial charge in [-0.15, -0.1) is 0 Å².